The number of benzene rings is 2. The molecule has 25 heavy (non-hydrogen) atoms. The summed E-state index contributed by atoms with van der Waals surface area (Å²) in [6.07, 6.45) is 3.34. The number of rotatable bonds is 6. The van der Waals surface area contributed by atoms with Gasteiger partial charge in [0.25, 0.3) is 0 Å². The molecule has 0 spiro atoms. The summed E-state index contributed by atoms with van der Waals surface area (Å²) in [6, 6.07) is 22.3. The van der Waals surface area contributed by atoms with E-state index in [9.17, 15) is 0 Å². The number of halogens is 1. The summed E-state index contributed by atoms with van der Waals surface area (Å²) in [4.78, 5) is 2.66. The highest BCUT2D eigenvalue weighted by molar-refractivity contribution is 5.16. The van der Waals surface area contributed by atoms with E-state index < -0.39 is 0 Å². The molecule has 3 rings (SSSR count). The quantitative estimate of drug-likeness (QED) is 0.779. The van der Waals surface area contributed by atoms with Crippen LogP contribution < -0.4 is 12.4 Å². The second-order valence-electron chi connectivity index (χ2n) is 7.45. The van der Waals surface area contributed by atoms with E-state index in [1.54, 1.807) is 0 Å². The van der Waals surface area contributed by atoms with Crippen molar-refractivity contribution in [3.63, 3.8) is 0 Å². The lowest BCUT2D eigenvalue weighted by molar-refractivity contribution is -0.0844. The number of hydrogen-bond donors (Lipinski definition) is 0. The van der Waals surface area contributed by atoms with Gasteiger partial charge in [0.1, 0.15) is 0 Å². The normalized spacial score (nSPS) is 19.4. The first-order valence-electron chi connectivity index (χ1n) is 9.08. The summed E-state index contributed by atoms with van der Waals surface area (Å²) in [5.74, 6) is 0. The van der Waals surface area contributed by atoms with Gasteiger partial charge in [-0.15, -0.1) is 0 Å². The van der Waals surface area contributed by atoms with E-state index in [-0.39, 0.29) is 18.0 Å². The van der Waals surface area contributed by atoms with Crippen LogP contribution in [0.1, 0.15) is 37.8 Å². The second kappa shape index (κ2) is 9.38. The van der Waals surface area contributed by atoms with E-state index in [1.807, 2.05) is 0 Å². The van der Waals surface area contributed by atoms with Crippen LogP contribution in [0.25, 0.3) is 0 Å². The van der Waals surface area contributed by atoms with Gasteiger partial charge in [-0.05, 0) is 44.2 Å². The predicted octanol–water partition coefficient (Wildman–Crippen LogP) is 1.69. The van der Waals surface area contributed by atoms with Crippen molar-refractivity contribution in [2.45, 2.75) is 51.3 Å². The number of hydrogen-bond acceptors (Lipinski definition) is 2. The van der Waals surface area contributed by atoms with Crippen molar-refractivity contribution in [2.75, 3.05) is 13.2 Å². The zero-order chi connectivity index (χ0) is 16.8. The number of ether oxygens (including phenoxy) is 1. The molecule has 0 amide bonds. The van der Waals surface area contributed by atoms with Gasteiger partial charge in [-0.25, -0.2) is 0 Å². The zero-order valence-corrected chi connectivity index (χ0v) is 16.1. The van der Waals surface area contributed by atoms with Crippen LogP contribution >= 0.6 is 0 Å². The van der Waals surface area contributed by atoms with Gasteiger partial charge in [-0.3, -0.25) is 4.90 Å². The summed E-state index contributed by atoms with van der Waals surface area (Å²) in [7, 11) is 0. The minimum absolute atomic E-state index is 0. The Bertz CT molecular complexity index is 614. The smallest absolute Gasteiger partial charge is 0.0641 e. The monoisotopic (exact) mass is 358 g/mol. The number of nitrogens with zero attached hydrogens (tertiary/aromatic N) is 1. The van der Waals surface area contributed by atoms with Crippen molar-refractivity contribution in [3.05, 3.63) is 71.8 Å². The molecule has 1 unspecified atom stereocenters. The predicted molar refractivity (Wildman–Crippen MR) is 100 cm³/mol. The molecule has 2 aromatic carbocycles. The van der Waals surface area contributed by atoms with Crippen molar-refractivity contribution >= 4 is 0 Å². The zero-order valence-electron chi connectivity index (χ0n) is 15.3. The Morgan fingerprint density at radius 3 is 2.16 bits per heavy atom. The SMILES string of the molecule is CC1(C)CC(N(CCc2ccccc2)Cc2ccccc2)CCO1.[Cl-]. The minimum Gasteiger partial charge on any atom is -1.00 e. The van der Waals surface area contributed by atoms with Gasteiger partial charge in [0.05, 0.1) is 5.60 Å². The van der Waals surface area contributed by atoms with Gasteiger partial charge < -0.3 is 17.1 Å². The first kappa shape index (κ1) is 20.0. The van der Waals surface area contributed by atoms with Crippen LogP contribution in [0.15, 0.2) is 60.7 Å². The standard InChI is InChI=1S/C22H29NO.ClH/c1-22(2)17-21(14-16-24-22)23(18-20-11-7-4-8-12-20)15-13-19-9-5-3-6-10-19;/h3-12,21H,13-18H2,1-2H3;1H/p-1. The Labute approximate surface area is 158 Å². The maximum Gasteiger partial charge on any atom is 0.0641 e. The fraction of sp³-hybridized carbons (Fsp3) is 0.455. The van der Waals surface area contributed by atoms with Crippen LogP contribution in [0, 0.1) is 0 Å². The van der Waals surface area contributed by atoms with E-state index in [1.165, 1.54) is 11.1 Å². The fourth-order valence-corrected chi connectivity index (χ4v) is 3.64. The summed E-state index contributed by atoms with van der Waals surface area (Å²) in [5, 5.41) is 0. The Morgan fingerprint density at radius 2 is 1.56 bits per heavy atom. The molecule has 136 valence electrons. The molecule has 2 nitrogen and oxygen atoms in total. The Balaban J connectivity index is 0.00000225. The minimum atomic E-state index is -0.00932. The summed E-state index contributed by atoms with van der Waals surface area (Å²) in [5.41, 5.74) is 2.81. The highest BCUT2D eigenvalue weighted by atomic mass is 35.5. The molecule has 1 aliphatic heterocycles. The first-order chi connectivity index (χ1) is 11.6. The molecule has 2 aromatic rings. The molecule has 1 saturated heterocycles. The Morgan fingerprint density at radius 1 is 0.960 bits per heavy atom. The lowest BCUT2D eigenvalue weighted by atomic mass is 9.92. The van der Waals surface area contributed by atoms with Gasteiger partial charge in [0.15, 0.2) is 0 Å². The molecule has 0 radical (unpaired) electrons. The third-order valence-corrected chi connectivity index (χ3v) is 4.95. The summed E-state index contributed by atoms with van der Waals surface area (Å²) < 4.78 is 5.93. The molecular weight excluding hydrogens is 330 g/mol. The molecule has 0 N–H and O–H groups in total. The average Bonchev–Trinajstić information content (AvgIpc) is 2.59. The summed E-state index contributed by atoms with van der Waals surface area (Å²) in [6.45, 7) is 7.43. The van der Waals surface area contributed by atoms with E-state index in [0.717, 1.165) is 39.0 Å². The van der Waals surface area contributed by atoms with Crippen LogP contribution in [0.4, 0.5) is 0 Å². The molecule has 3 heteroatoms. The maximum absolute atomic E-state index is 5.93. The molecule has 0 bridgehead atoms. The lowest BCUT2D eigenvalue weighted by Gasteiger charge is -2.41. The first-order valence-corrected chi connectivity index (χ1v) is 9.08. The highest BCUT2D eigenvalue weighted by Gasteiger charge is 2.32. The van der Waals surface area contributed by atoms with Crippen molar-refractivity contribution in [1.82, 2.24) is 4.90 Å². The van der Waals surface area contributed by atoms with Crippen molar-refractivity contribution in [3.8, 4) is 0 Å². The van der Waals surface area contributed by atoms with Crippen molar-refractivity contribution in [1.29, 1.82) is 0 Å². The highest BCUT2D eigenvalue weighted by Crippen LogP contribution is 2.28. The van der Waals surface area contributed by atoms with Gasteiger partial charge in [0.2, 0.25) is 0 Å². The maximum atomic E-state index is 5.93. The molecule has 0 aliphatic carbocycles. The van der Waals surface area contributed by atoms with Gasteiger partial charge in [0, 0.05) is 25.7 Å². The third-order valence-electron chi connectivity index (χ3n) is 4.95. The average molecular weight is 359 g/mol. The molecular formula is C22H29ClNO-. The lowest BCUT2D eigenvalue weighted by Crippen LogP contribution is -3.00. The third kappa shape index (κ3) is 6.14. The van der Waals surface area contributed by atoms with Crippen LogP contribution in [0.2, 0.25) is 0 Å². The van der Waals surface area contributed by atoms with Gasteiger partial charge in [-0.2, -0.15) is 0 Å². The van der Waals surface area contributed by atoms with E-state index in [2.05, 4.69) is 79.4 Å². The topological polar surface area (TPSA) is 12.5 Å². The van der Waals surface area contributed by atoms with Gasteiger partial charge in [-0.1, -0.05) is 60.7 Å². The second-order valence-corrected chi connectivity index (χ2v) is 7.45. The molecule has 1 aliphatic rings. The molecule has 1 fully saturated rings. The van der Waals surface area contributed by atoms with Crippen LogP contribution in [0.3, 0.4) is 0 Å². The molecule has 0 saturated carbocycles. The van der Waals surface area contributed by atoms with E-state index >= 15 is 0 Å². The molecule has 1 heterocycles. The van der Waals surface area contributed by atoms with Crippen LogP contribution in [-0.4, -0.2) is 29.7 Å². The van der Waals surface area contributed by atoms with Crippen LogP contribution in [-0.2, 0) is 17.7 Å². The molecule has 1 atom stereocenters. The van der Waals surface area contributed by atoms with Gasteiger partial charge >= 0.3 is 0 Å². The van der Waals surface area contributed by atoms with Crippen molar-refractivity contribution in [2.24, 2.45) is 0 Å². The van der Waals surface area contributed by atoms with E-state index in [0.29, 0.717) is 6.04 Å². The van der Waals surface area contributed by atoms with E-state index in [4.69, 9.17) is 4.74 Å². The van der Waals surface area contributed by atoms with Crippen molar-refractivity contribution < 1.29 is 17.1 Å². The Kier molecular flexibility index (Phi) is 7.49. The fourth-order valence-electron chi connectivity index (χ4n) is 3.64. The largest absolute Gasteiger partial charge is 1.00 e. The van der Waals surface area contributed by atoms with Crippen LogP contribution in [0.5, 0.6) is 0 Å². The Hall–Kier alpha value is -1.35. The summed E-state index contributed by atoms with van der Waals surface area (Å²) >= 11 is 0. The molecule has 0 aromatic heterocycles.